The van der Waals surface area contributed by atoms with E-state index < -0.39 is 22.9 Å². The first kappa shape index (κ1) is 23.7. The zero-order valence-electron chi connectivity index (χ0n) is 18.0. The second-order valence-electron chi connectivity index (χ2n) is 8.33. The van der Waals surface area contributed by atoms with E-state index in [4.69, 9.17) is 26.8 Å². The molecule has 0 radical (unpaired) electrons. The molecule has 2 atom stereocenters. The summed E-state index contributed by atoms with van der Waals surface area (Å²) in [6, 6.07) is 9.15. The molecule has 0 aliphatic carbocycles. The zero-order chi connectivity index (χ0) is 23.8. The molecule has 2 aromatic carbocycles. The minimum Gasteiger partial charge on any atom is -0.755 e. The van der Waals surface area contributed by atoms with E-state index in [1.807, 2.05) is 0 Å². The van der Waals surface area contributed by atoms with Crippen LogP contribution < -0.4 is 19.5 Å². The second kappa shape index (κ2) is 9.46. The number of carbonyl (C=O) groups excluding carboxylic acids is 1. The number of rotatable bonds is 5. The molecule has 2 aromatic rings. The van der Waals surface area contributed by atoms with Crippen LogP contribution in [0.2, 0.25) is 5.02 Å². The number of nitrogens with zero attached hydrogens (tertiary/aromatic N) is 2. The van der Waals surface area contributed by atoms with Gasteiger partial charge in [0.1, 0.15) is 17.3 Å². The summed E-state index contributed by atoms with van der Waals surface area (Å²) >= 11 is 3.51. The number of nitrogens with two attached hydrogens (primary N) is 1. The number of halogens is 2. The first-order valence-corrected chi connectivity index (χ1v) is 11.8. The Morgan fingerprint density at radius 3 is 2.61 bits per heavy atom. The Kier molecular flexibility index (Phi) is 6.81. The Bertz CT molecular complexity index is 1060. The molecule has 2 aliphatic rings. The van der Waals surface area contributed by atoms with Gasteiger partial charge in [0.2, 0.25) is 0 Å². The highest BCUT2D eigenvalue weighted by Gasteiger charge is 2.38. The average molecular weight is 497 g/mol. The smallest absolute Gasteiger partial charge is 0.265 e. The molecule has 2 aliphatic heterocycles. The summed E-state index contributed by atoms with van der Waals surface area (Å²) in [5.74, 6) is -0.0977. The Morgan fingerprint density at radius 1 is 1.33 bits per heavy atom. The van der Waals surface area contributed by atoms with Gasteiger partial charge in [0.15, 0.2) is 6.10 Å². The van der Waals surface area contributed by atoms with Crippen LogP contribution in [0.4, 0.5) is 10.1 Å². The molecule has 178 valence electrons. The number of carbonyl (C=O) groups is 1. The third-order valence-electron chi connectivity index (χ3n) is 6.10. The minimum absolute atomic E-state index is 0.162. The van der Waals surface area contributed by atoms with Crippen molar-refractivity contribution in [2.75, 3.05) is 31.0 Å². The van der Waals surface area contributed by atoms with Crippen LogP contribution in [-0.2, 0) is 22.5 Å². The molecule has 0 aromatic heterocycles. The van der Waals surface area contributed by atoms with E-state index in [1.165, 1.54) is 31.4 Å². The first-order chi connectivity index (χ1) is 15.7. The van der Waals surface area contributed by atoms with Gasteiger partial charge in [-0.1, -0.05) is 23.7 Å². The fourth-order valence-electron chi connectivity index (χ4n) is 4.24. The molecule has 0 spiro atoms. The fourth-order valence-corrected chi connectivity index (χ4v) is 5.04. The van der Waals surface area contributed by atoms with Gasteiger partial charge in [-0.3, -0.25) is 13.3 Å². The Hall–Kier alpha value is -2.40. The summed E-state index contributed by atoms with van der Waals surface area (Å²) in [5, 5.41) is 0.233. The normalized spacial score (nSPS) is 20.6. The molecule has 4 rings (SSSR count). The lowest BCUT2D eigenvalue weighted by molar-refractivity contribution is -0.140. The van der Waals surface area contributed by atoms with Crippen LogP contribution in [0.15, 0.2) is 36.4 Å². The van der Waals surface area contributed by atoms with E-state index in [9.17, 15) is 17.9 Å². The number of piperidine rings is 1. The highest BCUT2D eigenvalue weighted by atomic mass is 35.5. The molecule has 1 amide bonds. The number of anilines is 1. The van der Waals surface area contributed by atoms with Crippen molar-refractivity contribution >= 4 is 34.5 Å². The van der Waals surface area contributed by atoms with E-state index >= 15 is 0 Å². The van der Waals surface area contributed by atoms with Crippen LogP contribution in [-0.4, -0.2) is 58.0 Å². The lowest BCUT2D eigenvalue weighted by Crippen LogP contribution is -2.57. The van der Waals surface area contributed by atoms with Crippen molar-refractivity contribution in [1.82, 2.24) is 4.90 Å². The van der Waals surface area contributed by atoms with Gasteiger partial charge in [0, 0.05) is 36.0 Å². The van der Waals surface area contributed by atoms with Crippen molar-refractivity contribution in [1.29, 1.82) is 0 Å². The maximum absolute atomic E-state index is 13.2. The van der Waals surface area contributed by atoms with Gasteiger partial charge in [-0.25, -0.2) is 4.39 Å². The molecule has 0 bridgehead atoms. The lowest BCUT2D eigenvalue weighted by atomic mass is 9.82. The lowest BCUT2D eigenvalue weighted by Gasteiger charge is -2.42. The van der Waals surface area contributed by atoms with E-state index in [1.54, 1.807) is 17.0 Å². The van der Waals surface area contributed by atoms with Crippen molar-refractivity contribution < 1.29 is 27.4 Å². The topological polar surface area (TPSA) is 108 Å². The van der Waals surface area contributed by atoms with Crippen molar-refractivity contribution in [3.63, 3.8) is 0 Å². The number of likely N-dealkylation sites (tertiary alicyclic amines) is 1. The molecule has 33 heavy (non-hydrogen) atoms. The van der Waals surface area contributed by atoms with E-state index in [0.29, 0.717) is 38.1 Å². The van der Waals surface area contributed by atoms with Crippen molar-refractivity contribution in [2.24, 2.45) is 5.73 Å². The van der Waals surface area contributed by atoms with Gasteiger partial charge in [-0.05, 0) is 43.0 Å². The second-order valence-corrected chi connectivity index (χ2v) is 9.61. The SMILES string of the molecule is COc1cc2c(cc1Cl)N(S(=O)[O-])CC(C(=O)N1CCC(N)(Cc3ccc(F)cc3)CC1)O2. The molecule has 2 unspecified atom stereocenters. The summed E-state index contributed by atoms with van der Waals surface area (Å²) < 4.78 is 49.0. The quantitative estimate of drug-likeness (QED) is 0.637. The van der Waals surface area contributed by atoms with Gasteiger partial charge in [-0.15, -0.1) is 0 Å². The Morgan fingerprint density at radius 2 is 2.00 bits per heavy atom. The predicted octanol–water partition coefficient (Wildman–Crippen LogP) is 2.41. The first-order valence-electron chi connectivity index (χ1n) is 10.4. The molecule has 8 nitrogen and oxygen atoms in total. The molecule has 11 heteroatoms. The van der Waals surface area contributed by atoms with Gasteiger partial charge >= 0.3 is 0 Å². The van der Waals surface area contributed by atoms with E-state index in [2.05, 4.69) is 0 Å². The monoisotopic (exact) mass is 496 g/mol. The highest BCUT2D eigenvalue weighted by Crippen LogP contribution is 2.41. The van der Waals surface area contributed by atoms with E-state index in [0.717, 1.165) is 9.87 Å². The molecule has 0 saturated carbocycles. The summed E-state index contributed by atoms with van der Waals surface area (Å²) in [6.45, 7) is 0.658. The van der Waals surface area contributed by atoms with Crippen molar-refractivity contribution in [3.8, 4) is 11.5 Å². The number of fused-ring (bicyclic) bond motifs is 1. The molecule has 2 N–H and O–H groups in total. The van der Waals surface area contributed by atoms with Gasteiger partial charge < -0.3 is 24.7 Å². The highest BCUT2D eigenvalue weighted by molar-refractivity contribution is 7.80. The average Bonchev–Trinajstić information content (AvgIpc) is 2.79. The zero-order valence-corrected chi connectivity index (χ0v) is 19.5. The molecular weight excluding hydrogens is 473 g/mol. The largest absolute Gasteiger partial charge is 0.755 e. The third kappa shape index (κ3) is 5.08. The molecule has 1 saturated heterocycles. The number of methoxy groups -OCH3 is 1. The third-order valence-corrected chi connectivity index (χ3v) is 7.10. The molecular formula is C22H24ClFN3O5S-. The minimum atomic E-state index is -2.62. The summed E-state index contributed by atoms with van der Waals surface area (Å²) in [5.41, 5.74) is 7.23. The Labute approximate surface area is 198 Å². The van der Waals surface area contributed by atoms with Crippen LogP contribution in [0.3, 0.4) is 0 Å². The van der Waals surface area contributed by atoms with Crippen LogP contribution in [0, 0.1) is 5.82 Å². The molecule has 2 heterocycles. The number of hydrogen-bond donors (Lipinski definition) is 1. The van der Waals surface area contributed by atoms with Crippen LogP contribution >= 0.6 is 11.6 Å². The fraction of sp³-hybridized carbons (Fsp3) is 0.409. The molecule has 1 fully saturated rings. The number of benzene rings is 2. The van der Waals surface area contributed by atoms with Gasteiger partial charge in [0.05, 0.1) is 24.4 Å². The number of hydrogen-bond acceptors (Lipinski definition) is 6. The van der Waals surface area contributed by atoms with Crippen LogP contribution in [0.1, 0.15) is 18.4 Å². The number of ether oxygens (including phenoxy) is 2. The summed E-state index contributed by atoms with van der Waals surface area (Å²) in [6.07, 6.45) is 0.676. The maximum Gasteiger partial charge on any atom is 0.265 e. The maximum atomic E-state index is 13.2. The summed E-state index contributed by atoms with van der Waals surface area (Å²) in [4.78, 5) is 14.8. The van der Waals surface area contributed by atoms with Gasteiger partial charge in [-0.2, -0.15) is 0 Å². The predicted molar refractivity (Wildman–Crippen MR) is 122 cm³/mol. The number of amides is 1. The van der Waals surface area contributed by atoms with Crippen molar-refractivity contribution in [2.45, 2.75) is 30.9 Å². The van der Waals surface area contributed by atoms with Crippen LogP contribution in [0.5, 0.6) is 11.5 Å². The summed E-state index contributed by atoms with van der Waals surface area (Å²) in [7, 11) is 1.43. The Balaban J connectivity index is 1.45. The van der Waals surface area contributed by atoms with E-state index in [-0.39, 0.29) is 34.7 Å². The van der Waals surface area contributed by atoms with Crippen LogP contribution in [0.25, 0.3) is 0 Å². The van der Waals surface area contributed by atoms with Crippen molar-refractivity contribution in [3.05, 3.63) is 52.8 Å². The van der Waals surface area contributed by atoms with Gasteiger partial charge in [0.25, 0.3) is 5.91 Å². The standard InChI is InChI=1S/C22H25ClFN3O5S/c1-31-18-11-19-17(10-16(18)23)27(33(29)30)13-20(32-19)21(28)26-8-6-22(25,7-9-26)12-14-2-4-15(24)5-3-14/h2-5,10-11,20H,6-9,12-13,25H2,1H3,(H,29,30)/p-1.